The summed E-state index contributed by atoms with van der Waals surface area (Å²) in [5, 5.41) is 4.62. The molecule has 4 aromatic heterocycles. The number of thiophene rings is 1. The molecule has 0 bridgehead atoms. The maximum atomic E-state index is 5.65. The van der Waals surface area contributed by atoms with Crippen molar-refractivity contribution in [3.8, 4) is 39.3 Å². The number of aliphatic imine (C=N–C) groups is 1. The topological polar surface area (TPSA) is 69.1 Å². The summed E-state index contributed by atoms with van der Waals surface area (Å²) in [7, 11) is 0. The Morgan fingerprint density at radius 2 is 1.31 bits per heavy atom. The van der Waals surface area contributed by atoms with Gasteiger partial charge in [-0.05, 0) is 137 Å². The summed E-state index contributed by atoms with van der Waals surface area (Å²) in [5.74, 6) is 0. The summed E-state index contributed by atoms with van der Waals surface area (Å²) in [4.78, 5) is 14.3. The van der Waals surface area contributed by atoms with Crippen molar-refractivity contribution in [2.45, 2.75) is 0 Å². The number of nitrogens with zero attached hydrogens (tertiary/aromatic N) is 4. The molecule has 0 radical (unpaired) electrons. The van der Waals surface area contributed by atoms with Crippen LogP contribution in [0, 0.1) is 0 Å². The van der Waals surface area contributed by atoms with Crippen LogP contribution in [0.1, 0.15) is 11.1 Å². The number of rotatable bonds is 9. The van der Waals surface area contributed by atoms with Gasteiger partial charge in [-0.25, -0.2) is 4.99 Å². The van der Waals surface area contributed by atoms with E-state index in [0.29, 0.717) is 0 Å². The van der Waals surface area contributed by atoms with Crippen molar-refractivity contribution < 1.29 is 0 Å². The van der Waals surface area contributed by atoms with Gasteiger partial charge in [0, 0.05) is 77.5 Å². The van der Waals surface area contributed by atoms with E-state index in [4.69, 9.17) is 20.7 Å². The van der Waals surface area contributed by atoms with E-state index in [1.165, 1.54) is 26.4 Å². The second-order valence-corrected chi connectivity index (χ2v) is 16.8. The molecule has 0 saturated heterocycles. The van der Waals surface area contributed by atoms with Crippen molar-refractivity contribution in [3.63, 3.8) is 0 Å². The van der Waals surface area contributed by atoms with Crippen LogP contribution in [0.4, 0.5) is 0 Å². The normalized spacial score (nSPS) is 13.6. The third-order valence-electron chi connectivity index (χ3n) is 11.8. The average Bonchev–Trinajstić information content (AvgIpc) is 3.56. The molecule has 5 heterocycles. The lowest BCUT2D eigenvalue weighted by Crippen LogP contribution is -1.95. The maximum Gasteiger partial charge on any atom is 0.113 e. The van der Waals surface area contributed by atoms with E-state index in [1.807, 2.05) is 91.5 Å². The standard InChI is InChI=1S/C59H39N5S/c1-39(16-9-12-30-60)43-17-4-2-5-18-44(43)40-24-27-56-49(34-40)50-35-41(45-19-7-8-20-46(45)53-22-10-14-32-61-53)25-28-57(50)64(56)42-26-29-58-51(36-42)52-37-47(54-23-11-15-33-63-54)48(38-59(52)65-58)55-21-6-3-13-31-62-55/h2-17,19-20,22-38H,1,60H2/b16-9-,30-12-. The lowest BCUT2D eigenvalue weighted by Gasteiger charge is -2.12. The van der Waals surface area contributed by atoms with Gasteiger partial charge < -0.3 is 10.3 Å². The fourth-order valence-electron chi connectivity index (χ4n) is 8.85. The molecule has 9 aromatic rings. The average molecular weight is 850 g/mol. The third-order valence-corrected chi connectivity index (χ3v) is 13.0. The molecule has 11 rings (SSSR count). The van der Waals surface area contributed by atoms with E-state index < -0.39 is 0 Å². The molecular weight excluding hydrogens is 811 g/mol. The Kier molecular flexibility index (Phi) is 10.2. The van der Waals surface area contributed by atoms with Crippen LogP contribution in [-0.4, -0.2) is 20.7 Å². The Morgan fingerprint density at radius 1 is 0.600 bits per heavy atom. The first-order valence-electron chi connectivity index (χ1n) is 21.4. The molecule has 306 valence electrons. The van der Waals surface area contributed by atoms with E-state index in [1.54, 1.807) is 17.4 Å². The lowest BCUT2D eigenvalue weighted by molar-refractivity contribution is 1.19. The second-order valence-electron chi connectivity index (χ2n) is 15.7. The first-order chi connectivity index (χ1) is 32.1. The molecule has 0 unspecified atom stereocenters. The number of hydrogen-bond acceptors (Lipinski definition) is 5. The zero-order valence-electron chi connectivity index (χ0n) is 35.2. The molecule has 5 nitrogen and oxygen atoms in total. The van der Waals surface area contributed by atoms with E-state index in [-0.39, 0.29) is 0 Å². The maximum absolute atomic E-state index is 5.65. The first kappa shape index (κ1) is 39.2. The predicted molar refractivity (Wildman–Crippen MR) is 275 cm³/mol. The highest BCUT2D eigenvalue weighted by Crippen LogP contribution is 2.44. The van der Waals surface area contributed by atoms with Gasteiger partial charge in [0.2, 0.25) is 0 Å². The molecule has 1 aliphatic carbocycles. The predicted octanol–water partition coefficient (Wildman–Crippen LogP) is 14.7. The van der Waals surface area contributed by atoms with Gasteiger partial charge in [0.25, 0.3) is 0 Å². The molecular formula is C59H39N5S. The minimum Gasteiger partial charge on any atom is -0.405 e. The van der Waals surface area contributed by atoms with Crippen molar-refractivity contribution in [2.24, 2.45) is 10.7 Å². The number of pyridine rings is 2. The molecule has 0 fully saturated rings. The molecule has 5 aromatic carbocycles. The number of fused-ring (bicyclic) bond motifs is 6. The third kappa shape index (κ3) is 7.26. The SMILES string of the molecule is C=C(/C=C\C=C/N)C1=CC=CC=C=C1c1ccc2c(c1)c1cc(-c3ccccc3-c3ccccn3)ccc1n2-c1ccc2sc3cc(C4=C=CC=CC=N4)c(-c4ccccn4)cc3c2c1. The van der Waals surface area contributed by atoms with E-state index in [9.17, 15) is 0 Å². The quantitative estimate of drug-likeness (QED) is 0.116. The highest BCUT2D eigenvalue weighted by Gasteiger charge is 2.20. The monoisotopic (exact) mass is 849 g/mol. The highest BCUT2D eigenvalue weighted by molar-refractivity contribution is 7.25. The molecule has 65 heavy (non-hydrogen) atoms. The van der Waals surface area contributed by atoms with Gasteiger partial charge >= 0.3 is 0 Å². The van der Waals surface area contributed by atoms with Crippen molar-refractivity contribution in [1.82, 2.24) is 14.5 Å². The summed E-state index contributed by atoms with van der Waals surface area (Å²) in [6.45, 7) is 4.43. The summed E-state index contributed by atoms with van der Waals surface area (Å²) >= 11 is 1.79. The molecule has 0 amide bonds. The van der Waals surface area contributed by atoms with Crippen LogP contribution in [0.25, 0.3) is 92.6 Å². The van der Waals surface area contributed by atoms with Gasteiger partial charge in [-0.15, -0.1) is 17.1 Å². The number of aromatic nitrogens is 3. The molecule has 0 spiro atoms. The van der Waals surface area contributed by atoms with Crippen molar-refractivity contribution in [2.75, 3.05) is 0 Å². The number of hydrogen-bond donors (Lipinski definition) is 1. The molecule has 2 aliphatic rings. The summed E-state index contributed by atoms with van der Waals surface area (Å²) < 4.78 is 4.78. The van der Waals surface area contributed by atoms with Crippen molar-refractivity contribution in [3.05, 3.63) is 247 Å². The summed E-state index contributed by atoms with van der Waals surface area (Å²) in [6, 6.07) is 45.6. The first-order valence-corrected chi connectivity index (χ1v) is 22.2. The van der Waals surface area contributed by atoms with Crippen molar-refractivity contribution in [1.29, 1.82) is 0 Å². The molecule has 1 aliphatic heterocycles. The summed E-state index contributed by atoms with van der Waals surface area (Å²) in [6.07, 6.45) is 26.6. The molecule has 0 atom stereocenters. The van der Waals surface area contributed by atoms with Gasteiger partial charge in [0.15, 0.2) is 0 Å². The number of allylic oxidation sites excluding steroid dienone is 12. The van der Waals surface area contributed by atoms with Crippen LogP contribution in [0.5, 0.6) is 0 Å². The fourth-order valence-corrected chi connectivity index (χ4v) is 9.96. The molecule has 6 heteroatoms. The van der Waals surface area contributed by atoms with Gasteiger partial charge in [-0.1, -0.05) is 97.3 Å². The molecule has 2 N–H and O–H groups in total. The number of benzene rings is 5. The Balaban J connectivity index is 1.13. The number of nitrogens with two attached hydrogens (primary N) is 1. The van der Waals surface area contributed by atoms with E-state index >= 15 is 0 Å². The van der Waals surface area contributed by atoms with Crippen molar-refractivity contribution >= 4 is 70.8 Å². The Labute approximate surface area is 380 Å². The van der Waals surface area contributed by atoms with Gasteiger partial charge in [0.1, 0.15) is 5.70 Å². The Hall–Kier alpha value is -8.63. The second kappa shape index (κ2) is 16.9. The van der Waals surface area contributed by atoms with Gasteiger partial charge in [0.05, 0.1) is 22.4 Å². The zero-order valence-corrected chi connectivity index (χ0v) is 36.0. The van der Waals surface area contributed by atoms with Crippen LogP contribution in [0.2, 0.25) is 0 Å². The minimum absolute atomic E-state index is 0.779. The van der Waals surface area contributed by atoms with Gasteiger partial charge in [-0.2, -0.15) is 0 Å². The van der Waals surface area contributed by atoms with Gasteiger partial charge in [-0.3, -0.25) is 9.97 Å². The van der Waals surface area contributed by atoms with E-state index in [0.717, 1.165) is 94.7 Å². The van der Waals surface area contributed by atoms with Crippen LogP contribution in [0.3, 0.4) is 0 Å². The Morgan fingerprint density at radius 3 is 2.09 bits per heavy atom. The highest BCUT2D eigenvalue weighted by atomic mass is 32.1. The summed E-state index contributed by atoms with van der Waals surface area (Å²) in [5.41, 5.74) is 27.7. The van der Waals surface area contributed by atoms with Crippen LogP contribution in [0.15, 0.2) is 241 Å². The molecule has 0 saturated carbocycles. The minimum atomic E-state index is 0.779. The largest absolute Gasteiger partial charge is 0.405 e. The zero-order chi connectivity index (χ0) is 43.7. The van der Waals surface area contributed by atoms with Crippen LogP contribution < -0.4 is 5.73 Å². The van der Waals surface area contributed by atoms with Crippen LogP contribution >= 0.6 is 11.3 Å². The fraction of sp³-hybridized carbons (Fsp3) is 0. The smallest absolute Gasteiger partial charge is 0.113 e. The Bertz CT molecular complexity index is 3740. The van der Waals surface area contributed by atoms with Crippen LogP contribution in [-0.2, 0) is 0 Å². The lowest BCUT2D eigenvalue weighted by atomic mass is 9.92. The van der Waals surface area contributed by atoms with E-state index in [2.05, 4.69) is 132 Å².